The number of aryl methyl sites for hydroxylation is 1. The van der Waals surface area contributed by atoms with E-state index < -0.39 is 28.5 Å². The molecule has 0 bridgehead atoms. The smallest absolute Gasteiger partial charge is 0.264 e. The highest BCUT2D eigenvalue weighted by Gasteiger charge is 2.34. The van der Waals surface area contributed by atoms with Gasteiger partial charge in [-0.25, -0.2) is 8.42 Å². The van der Waals surface area contributed by atoms with Gasteiger partial charge in [-0.1, -0.05) is 87.0 Å². The summed E-state index contributed by atoms with van der Waals surface area (Å²) in [6.07, 6.45) is 0.360. The monoisotopic (exact) mass is 569 g/mol. The van der Waals surface area contributed by atoms with Crippen molar-refractivity contribution in [1.82, 2.24) is 10.2 Å². The number of hydrogen-bond acceptors (Lipinski definition) is 4. The minimum atomic E-state index is -4.16. The number of halogens is 1. The molecule has 9 heteroatoms. The molecule has 39 heavy (non-hydrogen) atoms. The van der Waals surface area contributed by atoms with Crippen molar-refractivity contribution < 1.29 is 18.0 Å². The van der Waals surface area contributed by atoms with Crippen molar-refractivity contribution in [2.75, 3.05) is 17.4 Å². The van der Waals surface area contributed by atoms with Gasteiger partial charge >= 0.3 is 0 Å². The van der Waals surface area contributed by atoms with Gasteiger partial charge in [0.25, 0.3) is 10.0 Å². The van der Waals surface area contributed by atoms with Crippen molar-refractivity contribution in [3.63, 3.8) is 0 Å². The van der Waals surface area contributed by atoms with Crippen LogP contribution in [-0.2, 0) is 26.2 Å². The third kappa shape index (κ3) is 7.61. The second-order valence-electron chi connectivity index (χ2n) is 9.79. The first-order chi connectivity index (χ1) is 18.6. The lowest BCUT2D eigenvalue weighted by atomic mass is 10.1. The largest absolute Gasteiger partial charge is 0.354 e. The Morgan fingerprint density at radius 2 is 1.54 bits per heavy atom. The van der Waals surface area contributed by atoms with Crippen LogP contribution in [-0.4, -0.2) is 44.3 Å². The average Bonchev–Trinajstić information content (AvgIpc) is 2.92. The Morgan fingerprint density at radius 3 is 2.15 bits per heavy atom. The molecule has 0 radical (unpaired) electrons. The van der Waals surface area contributed by atoms with Gasteiger partial charge in [-0.05, 0) is 54.7 Å². The molecule has 0 aliphatic rings. The zero-order chi connectivity index (χ0) is 28.6. The fourth-order valence-electron chi connectivity index (χ4n) is 4.20. The van der Waals surface area contributed by atoms with Crippen LogP contribution in [0.1, 0.15) is 38.3 Å². The van der Waals surface area contributed by atoms with E-state index in [-0.39, 0.29) is 34.0 Å². The van der Waals surface area contributed by atoms with E-state index in [1.165, 1.54) is 17.0 Å². The molecule has 1 atom stereocenters. The number of carbonyl (C=O) groups excluding carboxylic acids is 2. The molecule has 3 aromatic carbocycles. The molecule has 0 fully saturated rings. The number of benzene rings is 3. The van der Waals surface area contributed by atoms with Crippen molar-refractivity contribution >= 4 is 39.1 Å². The molecule has 0 saturated heterocycles. The van der Waals surface area contributed by atoms with Gasteiger partial charge in [0.1, 0.15) is 12.6 Å². The Hall–Kier alpha value is -3.36. The van der Waals surface area contributed by atoms with Gasteiger partial charge in [-0.2, -0.15) is 0 Å². The van der Waals surface area contributed by atoms with Crippen molar-refractivity contribution in [2.45, 2.75) is 51.6 Å². The van der Waals surface area contributed by atoms with Crippen LogP contribution in [0.15, 0.2) is 83.8 Å². The summed E-state index contributed by atoms with van der Waals surface area (Å²) < 4.78 is 28.7. The minimum absolute atomic E-state index is 0.0323. The minimum Gasteiger partial charge on any atom is -0.354 e. The molecule has 0 unspecified atom stereocenters. The average molecular weight is 570 g/mol. The lowest BCUT2D eigenvalue weighted by Crippen LogP contribution is -2.52. The lowest BCUT2D eigenvalue weighted by Gasteiger charge is -2.33. The van der Waals surface area contributed by atoms with Crippen LogP contribution < -0.4 is 9.62 Å². The van der Waals surface area contributed by atoms with E-state index in [4.69, 9.17) is 11.6 Å². The zero-order valence-electron chi connectivity index (χ0n) is 22.8. The molecule has 7 nitrogen and oxygen atoms in total. The number of hydrogen-bond donors (Lipinski definition) is 1. The fourth-order valence-corrected chi connectivity index (χ4v) is 5.94. The molecule has 0 saturated carbocycles. The molecule has 3 rings (SSSR count). The van der Waals surface area contributed by atoms with Crippen molar-refractivity contribution in [3.8, 4) is 0 Å². The summed E-state index contributed by atoms with van der Waals surface area (Å²) >= 11 is 6.44. The second kappa shape index (κ2) is 13.6. The van der Waals surface area contributed by atoms with E-state index in [2.05, 4.69) is 5.32 Å². The summed E-state index contributed by atoms with van der Waals surface area (Å²) in [6.45, 7) is 7.86. The van der Waals surface area contributed by atoms with E-state index in [9.17, 15) is 18.0 Å². The number of sulfonamides is 1. The van der Waals surface area contributed by atoms with Gasteiger partial charge in [0.05, 0.1) is 15.6 Å². The predicted octanol–water partition coefficient (Wildman–Crippen LogP) is 5.42. The Morgan fingerprint density at radius 1 is 0.923 bits per heavy atom. The first kappa shape index (κ1) is 30.2. The van der Waals surface area contributed by atoms with E-state index >= 15 is 0 Å². The van der Waals surface area contributed by atoms with Gasteiger partial charge in [0, 0.05) is 13.1 Å². The summed E-state index contributed by atoms with van der Waals surface area (Å²) in [5.74, 6) is -0.550. The van der Waals surface area contributed by atoms with Crippen LogP contribution in [0.3, 0.4) is 0 Å². The number of para-hydroxylation sites is 1. The zero-order valence-corrected chi connectivity index (χ0v) is 24.4. The van der Waals surface area contributed by atoms with E-state index in [0.717, 1.165) is 15.4 Å². The summed E-state index contributed by atoms with van der Waals surface area (Å²) in [4.78, 5) is 28.8. The Bertz CT molecular complexity index is 1380. The number of rotatable bonds is 12. The highest BCUT2D eigenvalue weighted by atomic mass is 35.5. The lowest BCUT2D eigenvalue weighted by molar-refractivity contribution is -0.140. The van der Waals surface area contributed by atoms with Gasteiger partial charge in [0.15, 0.2) is 0 Å². The molecule has 0 aliphatic heterocycles. The van der Waals surface area contributed by atoms with Crippen LogP contribution in [0.4, 0.5) is 5.69 Å². The Labute approximate surface area is 236 Å². The molecular weight excluding hydrogens is 534 g/mol. The van der Waals surface area contributed by atoms with Gasteiger partial charge < -0.3 is 10.2 Å². The molecule has 0 aromatic heterocycles. The maximum atomic E-state index is 14.1. The second-order valence-corrected chi connectivity index (χ2v) is 12.1. The number of carbonyl (C=O) groups is 2. The molecular formula is C30H36ClN3O4S. The summed E-state index contributed by atoms with van der Waals surface area (Å²) in [5, 5.41) is 3.12. The van der Waals surface area contributed by atoms with Crippen LogP contribution in [0.25, 0.3) is 0 Å². The standard InChI is InChI=1S/C30H36ClN3O4S/c1-5-27(30(36)32-19-22(2)3)33(20-24-14-10-9-13-23(24)4)29(35)21-34(28-18-12-11-17-26(28)31)39(37,38)25-15-7-6-8-16-25/h6-18,22,27H,5,19-21H2,1-4H3,(H,32,36)/t27-/m0/s1. The number of nitrogens with zero attached hydrogens (tertiary/aromatic N) is 2. The molecule has 0 heterocycles. The van der Waals surface area contributed by atoms with Gasteiger partial charge in [0.2, 0.25) is 11.8 Å². The van der Waals surface area contributed by atoms with E-state index in [1.54, 1.807) is 42.5 Å². The molecule has 3 aromatic rings. The van der Waals surface area contributed by atoms with Crippen molar-refractivity contribution in [3.05, 3.63) is 95.0 Å². The normalized spacial score (nSPS) is 12.2. The SMILES string of the molecule is CC[C@@H](C(=O)NCC(C)C)N(Cc1ccccc1C)C(=O)CN(c1ccccc1Cl)S(=O)(=O)c1ccccc1. The highest BCUT2D eigenvalue weighted by Crippen LogP contribution is 2.31. The molecule has 1 N–H and O–H groups in total. The quantitative estimate of drug-likeness (QED) is 0.315. The van der Waals surface area contributed by atoms with Gasteiger partial charge in [-0.15, -0.1) is 0 Å². The third-order valence-electron chi connectivity index (χ3n) is 6.40. The first-order valence-corrected chi connectivity index (χ1v) is 14.8. The topological polar surface area (TPSA) is 86.8 Å². The molecule has 2 amide bonds. The molecule has 0 spiro atoms. The number of anilines is 1. The third-order valence-corrected chi connectivity index (χ3v) is 8.50. The van der Waals surface area contributed by atoms with Gasteiger partial charge in [-0.3, -0.25) is 13.9 Å². The maximum Gasteiger partial charge on any atom is 0.264 e. The summed E-state index contributed by atoms with van der Waals surface area (Å²) in [7, 11) is -4.16. The van der Waals surface area contributed by atoms with Crippen LogP contribution >= 0.6 is 11.6 Å². The molecule has 0 aliphatic carbocycles. The Balaban J connectivity index is 2.06. The predicted molar refractivity (Wildman–Crippen MR) is 156 cm³/mol. The maximum absolute atomic E-state index is 14.1. The van der Waals surface area contributed by atoms with E-state index in [1.807, 2.05) is 52.0 Å². The van der Waals surface area contributed by atoms with Crippen molar-refractivity contribution in [2.24, 2.45) is 5.92 Å². The summed E-state index contributed by atoms with van der Waals surface area (Å²) in [6, 6.07) is 21.2. The fraction of sp³-hybridized carbons (Fsp3) is 0.333. The van der Waals surface area contributed by atoms with Crippen LogP contribution in [0.5, 0.6) is 0 Å². The van der Waals surface area contributed by atoms with Crippen molar-refractivity contribution in [1.29, 1.82) is 0 Å². The summed E-state index contributed by atoms with van der Waals surface area (Å²) in [5.41, 5.74) is 2.02. The molecule has 208 valence electrons. The number of amides is 2. The first-order valence-electron chi connectivity index (χ1n) is 13.0. The van der Waals surface area contributed by atoms with Crippen LogP contribution in [0.2, 0.25) is 5.02 Å². The van der Waals surface area contributed by atoms with Crippen LogP contribution in [0, 0.1) is 12.8 Å². The number of nitrogens with one attached hydrogen (secondary N) is 1. The van der Waals surface area contributed by atoms with E-state index in [0.29, 0.717) is 13.0 Å². The Kier molecular flexibility index (Phi) is 10.5. The highest BCUT2D eigenvalue weighted by molar-refractivity contribution is 7.92.